The van der Waals surface area contributed by atoms with E-state index in [1.165, 1.54) is 12.1 Å². The third-order valence-electron chi connectivity index (χ3n) is 4.50. The number of aromatic amines is 1. The molecule has 0 amide bonds. The Hall–Kier alpha value is -2.20. The molecule has 0 aliphatic carbocycles. The first-order chi connectivity index (χ1) is 11.5. The van der Waals surface area contributed by atoms with E-state index in [9.17, 15) is 4.39 Å². The maximum absolute atomic E-state index is 13.3. The molecule has 4 heteroatoms. The summed E-state index contributed by atoms with van der Waals surface area (Å²) in [7, 11) is 0. The van der Waals surface area contributed by atoms with E-state index < -0.39 is 0 Å². The van der Waals surface area contributed by atoms with E-state index in [1.807, 2.05) is 12.3 Å². The summed E-state index contributed by atoms with van der Waals surface area (Å²) in [6.07, 6.45) is 2.95. The normalized spacial score (nSPS) is 12.3. The standard InChI is InChI=1S/C20H21FN2S/c1-4-12(2)20(24)23-18-8-5-14(9-13(18)3)17-11-22-19-10-15(21)6-7-16(17)19/h5-12,22H,4H2,1-3H3,(H,23,24). The van der Waals surface area contributed by atoms with Crippen LogP contribution in [0.2, 0.25) is 0 Å². The van der Waals surface area contributed by atoms with Crippen LogP contribution in [0, 0.1) is 18.7 Å². The summed E-state index contributed by atoms with van der Waals surface area (Å²) in [5.74, 6) is 0.132. The SMILES string of the molecule is CCC(C)C(=S)Nc1ccc(-c2c[nH]c3cc(F)ccc23)cc1C. The van der Waals surface area contributed by atoms with Gasteiger partial charge in [0, 0.05) is 34.3 Å². The molecule has 3 aromatic rings. The van der Waals surface area contributed by atoms with Crippen LogP contribution in [0.25, 0.3) is 22.0 Å². The van der Waals surface area contributed by atoms with Gasteiger partial charge in [-0.1, -0.05) is 32.1 Å². The fourth-order valence-electron chi connectivity index (χ4n) is 2.75. The van der Waals surface area contributed by atoms with Gasteiger partial charge in [0.05, 0.1) is 4.99 Å². The number of hydrogen-bond acceptors (Lipinski definition) is 1. The molecule has 1 atom stereocenters. The molecule has 1 heterocycles. The molecule has 2 nitrogen and oxygen atoms in total. The Balaban J connectivity index is 1.93. The molecule has 0 fully saturated rings. The van der Waals surface area contributed by atoms with Crippen LogP contribution in [-0.4, -0.2) is 9.97 Å². The number of aromatic nitrogens is 1. The second kappa shape index (κ2) is 6.73. The molecule has 3 rings (SSSR count). The second-order valence-electron chi connectivity index (χ2n) is 6.22. The van der Waals surface area contributed by atoms with Crippen molar-refractivity contribution in [2.75, 3.05) is 5.32 Å². The van der Waals surface area contributed by atoms with E-state index in [4.69, 9.17) is 12.2 Å². The molecular formula is C20H21FN2S. The minimum absolute atomic E-state index is 0.231. The molecule has 2 aromatic carbocycles. The van der Waals surface area contributed by atoms with Crippen LogP contribution in [0.1, 0.15) is 25.8 Å². The molecule has 0 radical (unpaired) electrons. The first-order valence-corrected chi connectivity index (χ1v) is 8.59. The Morgan fingerprint density at radius 1 is 1.25 bits per heavy atom. The minimum Gasteiger partial charge on any atom is -0.360 e. The highest BCUT2D eigenvalue weighted by Crippen LogP contribution is 2.31. The largest absolute Gasteiger partial charge is 0.360 e. The molecule has 0 bridgehead atoms. The number of H-pyrrole nitrogens is 1. The predicted molar refractivity (Wildman–Crippen MR) is 104 cm³/mol. The number of thiocarbonyl (C=S) groups is 1. The van der Waals surface area contributed by atoms with E-state index in [2.05, 4.69) is 49.3 Å². The second-order valence-corrected chi connectivity index (χ2v) is 6.66. The van der Waals surface area contributed by atoms with Crippen molar-refractivity contribution in [3.05, 3.63) is 54.0 Å². The summed E-state index contributed by atoms with van der Waals surface area (Å²) in [4.78, 5) is 4.01. The first-order valence-electron chi connectivity index (χ1n) is 8.18. The van der Waals surface area contributed by atoms with Gasteiger partial charge in [-0.3, -0.25) is 0 Å². The van der Waals surface area contributed by atoms with Gasteiger partial charge in [-0.2, -0.15) is 0 Å². The Morgan fingerprint density at radius 3 is 2.75 bits per heavy atom. The lowest BCUT2D eigenvalue weighted by atomic mass is 10.0. The van der Waals surface area contributed by atoms with Crippen LogP contribution in [0.4, 0.5) is 10.1 Å². The van der Waals surface area contributed by atoms with Crippen LogP contribution >= 0.6 is 12.2 Å². The molecule has 0 saturated heterocycles. The quantitative estimate of drug-likeness (QED) is 0.564. The fourth-order valence-corrected chi connectivity index (χ4v) is 3.03. The number of anilines is 1. The van der Waals surface area contributed by atoms with Crippen molar-refractivity contribution in [3.63, 3.8) is 0 Å². The summed E-state index contributed by atoms with van der Waals surface area (Å²) in [5, 5.41) is 4.37. The summed E-state index contributed by atoms with van der Waals surface area (Å²) >= 11 is 5.45. The zero-order valence-corrected chi connectivity index (χ0v) is 14.9. The maximum atomic E-state index is 13.3. The highest BCUT2D eigenvalue weighted by atomic mass is 32.1. The lowest BCUT2D eigenvalue weighted by Gasteiger charge is -2.15. The average Bonchev–Trinajstić information content (AvgIpc) is 2.98. The van der Waals surface area contributed by atoms with Crippen molar-refractivity contribution in [2.45, 2.75) is 27.2 Å². The van der Waals surface area contributed by atoms with Crippen LogP contribution < -0.4 is 5.32 Å². The van der Waals surface area contributed by atoms with Gasteiger partial charge in [0.2, 0.25) is 0 Å². The number of hydrogen-bond donors (Lipinski definition) is 2. The van der Waals surface area contributed by atoms with Crippen LogP contribution in [0.3, 0.4) is 0 Å². The number of nitrogens with one attached hydrogen (secondary N) is 2. The molecule has 0 saturated carbocycles. The van der Waals surface area contributed by atoms with Crippen LogP contribution in [0.5, 0.6) is 0 Å². The van der Waals surface area contributed by atoms with E-state index in [-0.39, 0.29) is 5.82 Å². The third-order valence-corrected chi connectivity index (χ3v) is 5.00. The van der Waals surface area contributed by atoms with Crippen molar-refractivity contribution in [3.8, 4) is 11.1 Å². The monoisotopic (exact) mass is 340 g/mol. The Labute approximate surface area is 147 Å². The smallest absolute Gasteiger partial charge is 0.125 e. The van der Waals surface area contributed by atoms with E-state index in [0.717, 1.165) is 44.7 Å². The van der Waals surface area contributed by atoms with E-state index in [1.54, 1.807) is 0 Å². The molecule has 24 heavy (non-hydrogen) atoms. The minimum atomic E-state index is -0.231. The predicted octanol–water partition coefficient (Wildman–Crippen LogP) is 6.07. The molecule has 1 aromatic heterocycles. The number of fused-ring (bicyclic) bond motifs is 1. The number of benzene rings is 2. The Bertz CT molecular complexity index is 898. The Morgan fingerprint density at radius 2 is 2.04 bits per heavy atom. The van der Waals surface area contributed by atoms with Gasteiger partial charge in [0.25, 0.3) is 0 Å². The van der Waals surface area contributed by atoms with Crippen molar-refractivity contribution in [2.24, 2.45) is 5.92 Å². The zero-order chi connectivity index (χ0) is 17.3. The van der Waals surface area contributed by atoms with Crippen LogP contribution in [-0.2, 0) is 0 Å². The van der Waals surface area contributed by atoms with Crippen molar-refractivity contribution >= 4 is 33.8 Å². The van der Waals surface area contributed by atoms with Gasteiger partial charge in [-0.05, 0) is 54.8 Å². The maximum Gasteiger partial charge on any atom is 0.125 e. The van der Waals surface area contributed by atoms with Gasteiger partial charge in [-0.25, -0.2) is 4.39 Å². The first kappa shape index (κ1) is 16.7. The Kier molecular flexibility index (Phi) is 4.67. The van der Waals surface area contributed by atoms with Crippen LogP contribution in [0.15, 0.2) is 42.6 Å². The lowest BCUT2D eigenvalue weighted by Crippen LogP contribution is -2.18. The number of rotatable bonds is 4. The molecule has 0 aliphatic heterocycles. The van der Waals surface area contributed by atoms with Crippen molar-refractivity contribution < 1.29 is 4.39 Å². The number of halogens is 1. The molecular weight excluding hydrogens is 319 g/mol. The lowest BCUT2D eigenvalue weighted by molar-refractivity contribution is 0.629. The molecule has 0 spiro atoms. The third kappa shape index (κ3) is 3.20. The van der Waals surface area contributed by atoms with Gasteiger partial charge < -0.3 is 10.3 Å². The molecule has 0 aliphatic rings. The summed E-state index contributed by atoms with van der Waals surface area (Å²) < 4.78 is 13.3. The summed E-state index contributed by atoms with van der Waals surface area (Å²) in [6.45, 7) is 6.33. The molecule has 1 unspecified atom stereocenters. The van der Waals surface area contributed by atoms with Gasteiger partial charge in [0.1, 0.15) is 5.82 Å². The molecule has 2 N–H and O–H groups in total. The topological polar surface area (TPSA) is 27.8 Å². The number of aryl methyl sites for hydroxylation is 1. The van der Waals surface area contributed by atoms with Gasteiger partial charge in [-0.15, -0.1) is 0 Å². The average molecular weight is 340 g/mol. The summed E-state index contributed by atoms with van der Waals surface area (Å²) in [6, 6.07) is 11.1. The summed E-state index contributed by atoms with van der Waals surface area (Å²) in [5.41, 5.74) is 5.15. The fraction of sp³-hybridized carbons (Fsp3) is 0.250. The van der Waals surface area contributed by atoms with E-state index >= 15 is 0 Å². The zero-order valence-electron chi connectivity index (χ0n) is 14.1. The van der Waals surface area contributed by atoms with Crippen molar-refractivity contribution in [1.82, 2.24) is 4.98 Å². The highest BCUT2D eigenvalue weighted by Gasteiger charge is 2.11. The van der Waals surface area contributed by atoms with Crippen molar-refractivity contribution in [1.29, 1.82) is 0 Å². The van der Waals surface area contributed by atoms with E-state index in [0.29, 0.717) is 5.92 Å². The highest BCUT2D eigenvalue weighted by molar-refractivity contribution is 7.80. The van der Waals surface area contributed by atoms with Gasteiger partial charge in [0.15, 0.2) is 0 Å². The van der Waals surface area contributed by atoms with Gasteiger partial charge >= 0.3 is 0 Å². The molecule has 124 valence electrons.